The molecule has 0 atom stereocenters. The summed E-state index contributed by atoms with van der Waals surface area (Å²) < 4.78 is 37.3. The van der Waals surface area contributed by atoms with Gasteiger partial charge in [-0.25, -0.2) is 0 Å². The molecule has 2 fully saturated rings. The number of carbonyl (C=O) groups is 1. The lowest BCUT2D eigenvalue weighted by atomic mass is 10.2. The summed E-state index contributed by atoms with van der Waals surface area (Å²) in [5, 5.41) is 4.94. The van der Waals surface area contributed by atoms with Gasteiger partial charge in [0.1, 0.15) is 5.54 Å². The van der Waals surface area contributed by atoms with Crippen LogP contribution in [0.25, 0.3) is 0 Å². The van der Waals surface area contributed by atoms with Crippen LogP contribution in [0.2, 0.25) is 0 Å². The summed E-state index contributed by atoms with van der Waals surface area (Å²) in [5.74, 6) is -0.559. The molecule has 0 saturated heterocycles. The summed E-state index contributed by atoms with van der Waals surface area (Å²) in [6, 6.07) is 0.330. The fourth-order valence-electron chi connectivity index (χ4n) is 1.44. The van der Waals surface area contributed by atoms with E-state index >= 15 is 0 Å². The highest BCUT2D eigenvalue weighted by Gasteiger charge is 2.64. The molecular formula is C9H13F3N2O. The molecule has 2 aliphatic carbocycles. The van der Waals surface area contributed by atoms with Crippen molar-refractivity contribution >= 4 is 5.91 Å². The van der Waals surface area contributed by atoms with Crippen molar-refractivity contribution in [2.45, 2.75) is 43.4 Å². The summed E-state index contributed by atoms with van der Waals surface area (Å²) in [6.07, 6.45) is -2.28. The minimum Gasteiger partial charge on any atom is -0.341 e. The van der Waals surface area contributed by atoms with Gasteiger partial charge in [-0.3, -0.25) is 4.79 Å². The Bertz CT molecular complexity index is 269. The SMILES string of the molecule is O=C(CNC1CC1)NC1(C(F)(F)F)CC1. The first-order chi connectivity index (χ1) is 6.93. The van der Waals surface area contributed by atoms with Crippen LogP contribution in [0.5, 0.6) is 0 Å². The third kappa shape index (κ3) is 2.42. The first-order valence-electron chi connectivity index (χ1n) is 5.04. The van der Waals surface area contributed by atoms with Gasteiger partial charge in [0.15, 0.2) is 0 Å². The summed E-state index contributed by atoms with van der Waals surface area (Å²) in [4.78, 5) is 11.2. The van der Waals surface area contributed by atoms with Crippen LogP contribution in [0.15, 0.2) is 0 Å². The van der Waals surface area contributed by atoms with E-state index in [1.165, 1.54) is 0 Å². The van der Waals surface area contributed by atoms with Crippen molar-refractivity contribution in [3.8, 4) is 0 Å². The van der Waals surface area contributed by atoms with Gasteiger partial charge >= 0.3 is 6.18 Å². The molecule has 0 aromatic heterocycles. The van der Waals surface area contributed by atoms with Crippen molar-refractivity contribution in [2.24, 2.45) is 0 Å². The topological polar surface area (TPSA) is 41.1 Å². The minimum atomic E-state index is -4.32. The van der Waals surface area contributed by atoms with Crippen LogP contribution in [0, 0.1) is 0 Å². The number of hydrogen-bond acceptors (Lipinski definition) is 2. The molecular weight excluding hydrogens is 209 g/mol. The Hall–Kier alpha value is -0.780. The van der Waals surface area contributed by atoms with Gasteiger partial charge in [-0.15, -0.1) is 0 Å². The molecule has 2 N–H and O–H groups in total. The third-order valence-corrected chi connectivity index (χ3v) is 2.80. The maximum atomic E-state index is 12.4. The number of alkyl halides is 3. The van der Waals surface area contributed by atoms with Gasteiger partial charge < -0.3 is 10.6 Å². The Morgan fingerprint density at radius 2 is 1.93 bits per heavy atom. The molecule has 0 unspecified atom stereocenters. The highest BCUT2D eigenvalue weighted by atomic mass is 19.4. The molecule has 86 valence electrons. The third-order valence-electron chi connectivity index (χ3n) is 2.80. The second-order valence-corrected chi connectivity index (χ2v) is 4.28. The van der Waals surface area contributed by atoms with Crippen LogP contribution < -0.4 is 10.6 Å². The first-order valence-corrected chi connectivity index (χ1v) is 5.04. The molecule has 0 aliphatic heterocycles. The van der Waals surface area contributed by atoms with E-state index in [9.17, 15) is 18.0 Å². The molecule has 0 aromatic rings. The van der Waals surface area contributed by atoms with Gasteiger partial charge in [-0.05, 0) is 25.7 Å². The number of nitrogens with one attached hydrogen (secondary N) is 2. The largest absolute Gasteiger partial charge is 0.411 e. The molecule has 0 spiro atoms. The van der Waals surface area contributed by atoms with E-state index in [0.717, 1.165) is 12.8 Å². The van der Waals surface area contributed by atoms with Crippen LogP contribution in [0.1, 0.15) is 25.7 Å². The Morgan fingerprint density at radius 1 is 1.33 bits per heavy atom. The van der Waals surface area contributed by atoms with E-state index in [4.69, 9.17) is 0 Å². The van der Waals surface area contributed by atoms with Gasteiger partial charge in [0, 0.05) is 6.04 Å². The van der Waals surface area contributed by atoms with E-state index in [1.807, 2.05) is 0 Å². The van der Waals surface area contributed by atoms with Crippen LogP contribution in [-0.4, -0.2) is 30.2 Å². The molecule has 0 radical (unpaired) electrons. The second kappa shape index (κ2) is 3.37. The maximum absolute atomic E-state index is 12.4. The van der Waals surface area contributed by atoms with Crippen LogP contribution >= 0.6 is 0 Å². The smallest absolute Gasteiger partial charge is 0.341 e. The number of carbonyl (C=O) groups excluding carboxylic acids is 1. The van der Waals surface area contributed by atoms with Gasteiger partial charge in [-0.1, -0.05) is 0 Å². The molecule has 6 heteroatoms. The van der Waals surface area contributed by atoms with Gasteiger partial charge in [0.25, 0.3) is 0 Å². The van der Waals surface area contributed by atoms with E-state index in [0.29, 0.717) is 6.04 Å². The van der Waals surface area contributed by atoms with Crippen LogP contribution in [0.4, 0.5) is 13.2 Å². The zero-order valence-electron chi connectivity index (χ0n) is 8.16. The van der Waals surface area contributed by atoms with Crippen LogP contribution in [0.3, 0.4) is 0 Å². The van der Waals surface area contributed by atoms with Crippen molar-refractivity contribution in [3.63, 3.8) is 0 Å². The van der Waals surface area contributed by atoms with Crippen LogP contribution in [-0.2, 0) is 4.79 Å². The fraction of sp³-hybridized carbons (Fsp3) is 0.889. The second-order valence-electron chi connectivity index (χ2n) is 4.28. The van der Waals surface area contributed by atoms with Crippen molar-refractivity contribution in [2.75, 3.05) is 6.54 Å². The summed E-state index contributed by atoms with van der Waals surface area (Å²) in [6.45, 7) is -0.0114. The normalized spacial score (nSPS) is 23.7. The van der Waals surface area contributed by atoms with E-state index in [2.05, 4.69) is 10.6 Å². The monoisotopic (exact) mass is 222 g/mol. The molecule has 2 rings (SSSR count). The average Bonchev–Trinajstić information content (AvgIpc) is 2.95. The number of hydrogen-bond donors (Lipinski definition) is 2. The van der Waals surface area contributed by atoms with E-state index in [-0.39, 0.29) is 19.4 Å². The molecule has 1 amide bonds. The molecule has 3 nitrogen and oxygen atoms in total. The standard InChI is InChI=1S/C9H13F3N2O/c10-9(11,12)8(3-4-8)14-7(15)5-13-6-1-2-6/h6,13H,1-5H2,(H,14,15). The zero-order chi connectivity index (χ0) is 11.1. The van der Waals surface area contributed by atoms with Crippen molar-refractivity contribution in [1.82, 2.24) is 10.6 Å². The van der Waals surface area contributed by atoms with Crippen molar-refractivity contribution < 1.29 is 18.0 Å². The Labute approximate surface area is 85.4 Å². The maximum Gasteiger partial charge on any atom is 0.411 e. The minimum absolute atomic E-state index is 0.00562. The van der Waals surface area contributed by atoms with E-state index < -0.39 is 17.6 Å². The quantitative estimate of drug-likeness (QED) is 0.743. The Morgan fingerprint density at radius 3 is 2.33 bits per heavy atom. The van der Waals surface area contributed by atoms with Gasteiger partial charge in [0.05, 0.1) is 6.54 Å². The lowest BCUT2D eigenvalue weighted by Crippen LogP contribution is -2.50. The predicted octanol–water partition coefficient (Wildman–Crippen LogP) is 0.950. The zero-order valence-corrected chi connectivity index (χ0v) is 8.16. The summed E-state index contributed by atoms with van der Waals surface area (Å²) >= 11 is 0. The Kier molecular flexibility index (Phi) is 2.41. The number of halogens is 3. The summed E-state index contributed by atoms with van der Waals surface area (Å²) in [7, 11) is 0. The fourth-order valence-corrected chi connectivity index (χ4v) is 1.44. The number of amides is 1. The van der Waals surface area contributed by atoms with Gasteiger partial charge in [0.2, 0.25) is 5.91 Å². The molecule has 15 heavy (non-hydrogen) atoms. The van der Waals surface area contributed by atoms with Crippen molar-refractivity contribution in [1.29, 1.82) is 0 Å². The molecule has 0 bridgehead atoms. The predicted molar refractivity (Wildman–Crippen MR) is 47.2 cm³/mol. The molecule has 0 heterocycles. The molecule has 2 aliphatic rings. The Balaban J connectivity index is 1.77. The van der Waals surface area contributed by atoms with Gasteiger partial charge in [-0.2, -0.15) is 13.2 Å². The summed E-state index contributed by atoms with van der Waals surface area (Å²) in [5.41, 5.74) is -1.92. The van der Waals surface area contributed by atoms with Crippen molar-refractivity contribution in [3.05, 3.63) is 0 Å². The highest BCUT2D eigenvalue weighted by Crippen LogP contribution is 2.48. The number of rotatable bonds is 4. The highest BCUT2D eigenvalue weighted by molar-refractivity contribution is 5.79. The first kappa shape index (κ1) is 10.7. The lowest BCUT2D eigenvalue weighted by molar-refractivity contribution is -0.170. The average molecular weight is 222 g/mol. The molecule has 0 aromatic carbocycles. The molecule has 2 saturated carbocycles. The lowest BCUT2D eigenvalue weighted by Gasteiger charge is -2.20. The van der Waals surface area contributed by atoms with E-state index in [1.54, 1.807) is 0 Å².